The number of thiazole rings is 1. The van der Waals surface area contributed by atoms with Gasteiger partial charge in [0.2, 0.25) is 0 Å². The summed E-state index contributed by atoms with van der Waals surface area (Å²) in [4.78, 5) is 25.8. The van der Waals surface area contributed by atoms with Crippen molar-refractivity contribution >= 4 is 33.4 Å². The van der Waals surface area contributed by atoms with Crippen LogP contribution in [0.1, 0.15) is 21.9 Å². The summed E-state index contributed by atoms with van der Waals surface area (Å²) in [5.74, 6) is -0.323. The summed E-state index contributed by atoms with van der Waals surface area (Å²) in [6, 6.07) is 9.56. The number of nitrogens with zero attached hydrogens (tertiary/aromatic N) is 4. The first-order chi connectivity index (χ1) is 13.6. The number of carbonyl (C=O) groups is 1. The van der Waals surface area contributed by atoms with Crippen molar-refractivity contribution in [1.29, 1.82) is 0 Å². The lowest BCUT2D eigenvalue weighted by atomic mass is 10.2. The molecule has 6 nitrogen and oxygen atoms in total. The topological polar surface area (TPSA) is 72.7 Å². The minimum atomic E-state index is -0.323. The van der Waals surface area contributed by atoms with Crippen molar-refractivity contribution in [2.45, 2.75) is 20.4 Å². The van der Waals surface area contributed by atoms with Crippen molar-refractivity contribution in [3.63, 3.8) is 0 Å². The molecule has 1 amide bonds. The molecule has 140 valence electrons. The van der Waals surface area contributed by atoms with E-state index in [1.54, 1.807) is 0 Å². The Kier molecular flexibility index (Phi) is 4.75. The van der Waals surface area contributed by atoms with E-state index in [4.69, 9.17) is 0 Å². The SMILES string of the molecule is C=CCn1c(C)cc(-c2csc(NC(=O)c3cnc4ccccc4n3)n2)c1C. The number of aryl methyl sites for hydroxylation is 1. The molecule has 7 heteroatoms. The van der Waals surface area contributed by atoms with Crippen LogP contribution in [0.25, 0.3) is 22.3 Å². The number of hydrogen-bond acceptors (Lipinski definition) is 5. The molecule has 0 aliphatic rings. The Morgan fingerprint density at radius 2 is 2.04 bits per heavy atom. The maximum Gasteiger partial charge on any atom is 0.277 e. The van der Waals surface area contributed by atoms with E-state index in [-0.39, 0.29) is 11.6 Å². The molecule has 0 bridgehead atoms. The molecule has 0 spiro atoms. The summed E-state index contributed by atoms with van der Waals surface area (Å²) in [7, 11) is 0. The average Bonchev–Trinajstić information content (AvgIpc) is 3.27. The fraction of sp³-hybridized carbons (Fsp3) is 0.143. The number of rotatable bonds is 5. The Hall–Kier alpha value is -3.32. The normalized spacial score (nSPS) is 10.9. The van der Waals surface area contributed by atoms with Gasteiger partial charge in [-0.1, -0.05) is 18.2 Å². The Morgan fingerprint density at radius 1 is 1.25 bits per heavy atom. The van der Waals surface area contributed by atoms with Gasteiger partial charge < -0.3 is 4.57 Å². The Balaban J connectivity index is 1.57. The molecule has 0 aliphatic heterocycles. The summed E-state index contributed by atoms with van der Waals surface area (Å²) in [6.45, 7) is 8.69. The molecule has 0 saturated carbocycles. The van der Waals surface area contributed by atoms with Gasteiger partial charge in [0, 0.05) is 28.9 Å². The number of hydrogen-bond donors (Lipinski definition) is 1. The minimum absolute atomic E-state index is 0.264. The maximum atomic E-state index is 12.6. The second kappa shape index (κ2) is 7.36. The van der Waals surface area contributed by atoms with Crippen LogP contribution < -0.4 is 5.32 Å². The number of para-hydroxylation sites is 2. The molecule has 1 aromatic carbocycles. The zero-order valence-electron chi connectivity index (χ0n) is 15.6. The third-order valence-corrected chi connectivity index (χ3v) is 5.32. The molecule has 0 saturated heterocycles. The number of carbonyl (C=O) groups excluding carboxylic acids is 1. The largest absolute Gasteiger partial charge is 0.345 e. The Morgan fingerprint density at radius 3 is 2.82 bits per heavy atom. The van der Waals surface area contributed by atoms with Crippen LogP contribution in [0.15, 0.2) is 54.6 Å². The molecule has 0 unspecified atom stereocenters. The Labute approximate surface area is 166 Å². The van der Waals surface area contributed by atoms with E-state index in [1.165, 1.54) is 17.5 Å². The fourth-order valence-corrected chi connectivity index (χ4v) is 3.86. The number of anilines is 1. The van der Waals surface area contributed by atoms with Crippen molar-refractivity contribution in [3.05, 3.63) is 71.6 Å². The van der Waals surface area contributed by atoms with E-state index >= 15 is 0 Å². The zero-order chi connectivity index (χ0) is 19.7. The molecule has 3 aromatic heterocycles. The van der Waals surface area contributed by atoms with Gasteiger partial charge in [-0.2, -0.15) is 0 Å². The van der Waals surface area contributed by atoms with E-state index in [0.29, 0.717) is 10.6 Å². The second-order valence-electron chi connectivity index (χ2n) is 6.42. The molecule has 0 aliphatic carbocycles. The van der Waals surface area contributed by atoms with Crippen LogP contribution in [-0.4, -0.2) is 25.4 Å². The first-order valence-corrected chi connectivity index (χ1v) is 9.71. The average molecular weight is 389 g/mol. The van der Waals surface area contributed by atoms with Crippen molar-refractivity contribution in [2.75, 3.05) is 5.32 Å². The van der Waals surface area contributed by atoms with Gasteiger partial charge in [0.05, 0.1) is 22.9 Å². The molecule has 0 fully saturated rings. The van der Waals surface area contributed by atoms with Crippen molar-refractivity contribution in [1.82, 2.24) is 19.5 Å². The van der Waals surface area contributed by atoms with E-state index in [9.17, 15) is 4.79 Å². The van der Waals surface area contributed by atoms with Gasteiger partial charge in [0.1, 0.15) is 5.69 Å². The smallest absolute Gasteiger partial charge is 0.277 e. The molecule has 0 radical (unpaired) electrons. The van der Waals surface area contributed by atoms with E-state index < -0.39 is 0 Å². The number of allylic oxidation sites excluding steroid dienone is 1. The predicted octanol–water partition coefficient (Wildman–Crippen LogP) is 4.61. The molecular weight excluding hydrogens is 370 g/mol. The Bertz CT molecular complexity index is 1190. The molecular formula is C21H19N5OS. The minimum Gasteiger partial charge on any atom is -0.345 e. The van der Waals surface area contributed by atoms with Crippen molar-refractivity contribution in [2.24, 2.45) is 0 Å². The summed E-state index contributed by atoms with van der Waals surface area (Å²) in [5.41, 5.74) is 5.88. The standard InChI is InChI=1S/C21H19N5OS/c1-4-9-26-13(2)10-15(14(26)3)19-12-28-21(24-19)25-20(27)18-11-22-16-7-5-6-8-17(16)23-18/h4-8,10-12H,1,9H2,2-3H3,(H,24,25,27). The summed E-state index contributed by atoms with van der Waals surface area (Å²) in [6.07, 6.45) is 3.36. The van der Waals surface area contributed by atoms with E-state index in [0.717, 1.165) is 34.7 Å². The number of amides is 1. The monoisotopic (exact) mass is 389 g/mol. The third kappa shape index (κ3) is 3.32. The molecule has 1 N–H and O–H groups in total. The van der Waals surface area contributed by atoms with Crippen LogP contribution in [0, 0.1) is 13.8 Å². The van der Waals surface area contributed by atoms with E-state index in [2.05, 4.69) is 51.3 Å². The predicted molar refractivity (Wildman–Crippen MR) is 113 cm³/mol. The van der Waals surface area contributed by atoms with Crippen molar-refractivity contribution in [3.8, 4) is 11.3 Å². The molecule has 4 aromatic rings. The summed E-state index contributed by atoms with van der Waals surface area (Å²) < 4.78 is 2.19. The highest BCUT2D eigenvalue weighted by molar-refractivity contribution is 7.14. The molecule has 28 heavy (non-hydrogen) atoms. The number of fused-ring (bicyclic) bond motifs is 1. The number of aromatic nitrogens is 4. The third-order valence-electron chi connectivity index (χ3n) is 4.57. The lowest BCUT2D eigenvalue weighted by Crippen LogP contribution is -2.14. The fourth-order valence-electron chi connectivity index (χ4n) is 3.15. The van der Waals surface area contributed by atoms with Crippen LogP contribution in [0.3, 0.4) is 0 Å². The molecule has 3 heterocycles. The first kappa shape index (κ1) is 18.1. The first-order valence-electron chi connectivity index (χ1n) is 8.83. The van der Waals surface area contributed by atoms with Crippen LogP contribution in [-0.2, 0) is 6.54 Å². The van der Waals surface area contributed by atoms with Gasteiger partial charge in [-0.25, -0.2) is 9.97 Å². The highest BCUT2D eigenvalue weighted by Gasteiger charge is 2.15. The lowest BCUT2D eigenvalue weighted by Gasteiger charge is -2.05. The van der Waals surface area contributed by atoms with Gasteiger partial charge in [-0.05, 0) is 32.0 Å². The van der Waals surface area contributed by atoms with Gasteiger partial charge in [-0.3, -0.25) is 15.1 Å². The van der Waals surface area contributed by atoms with Gasteiger partial charge >= 0.3 is 0 Å². The summed E-state index contributed by atoms with van der Waals surface area (Å²) >= 11 is 1.39. The van der Waals surface area contributed by atoms with Gasteiger partial charge in [0.15, 0.2) is 5.13 Å². The summed E-state index contributed by atoms with van der Waals surface area (Å²) in [5, 5.41) is 5.30. The van der Waals surface area contributed by atoms with Crippen LogP contribution in [0.5, 0.6) is 0 Å². The number of benzene rings is 1. The van der Waals surface area contributed by atoms with Crippen molar-refractivity contribution < 1.29 is 4.79 Å². The maximum absolute atomic E-state index is 12.6. The highest BCUT2D eigenvalue weighted by Crippen LogP contribution is 2.30. The molecule has 0 atom stereocenters. The second-order valence-corrected chi connectivity index (χ2v) is 7.28. The zero-order valence-corrected chi connectivity index (χ0v) is 16.5. The molecule has 4 rings (SSSR count). The van der Waals surface area contributed by atoms with Crippen LogP contribution in [0.4, 0.5) is 5.13 Å². The van der Waals surface area contributed by atoms with Gasteiger partial charge in [0.25, 0.3) is 5.91 Å². The highest BCUT2D eigenvalue weighted by atomic mass is 32.1. The van der Waals surface area contributed by atoms with Gasteiger partial charge in [-0.15, -0.1) is 17.9 Å². The van der Waals surface area contributed by atoms with Crippen LogP contribution in [0.2, 0.25) is 0 Å². The quantitative estimate of drug-likeness (QED) is 0.506. The van der Waals surface area contributed by atoms with Crippen LogP contribution >= 0.6 is 11.3 Å². The lowest BCUT2D eigenvalue weighted by molar-refractivity contribution is 0.102. The van der Waals surface area contributed by atoms with E-state index in [1.807, 2.05) is 35.7 Å². The number of nitrogens with one attached hydrogen (secondary N) is 1.